The van der Waals surface area contributed by atoms with Gasteiger partial charge in [-0.1, -0.05) is 20.8 Å². The van der Waals surface area contributed by atoms with Crippen LogP contribution in [0.5, 0.6) is 0 Å². The average Bonchev–Trinajstić information content (AvgIpc) is 2.13. The van der Waals surface area contributed by atoms with Crippen molar-refractivity contribution in [3.05, 3.63) is 0 Å². The highest BCUT2D eigenvalue weighted by molar-refractivity contribution is 5.80. The molecule has 13 heavy (non-hydrogen) atoms. The van der Waals surface area contributed by atoms with Gasteiger partial charge in [0.1, 0.15) is 0 Å². The number of aliphatic imine (C=N–C) groups is 1. The van der Waals surface area contributed by atoms with E-state index in [-0.39, 0.29) is 0 Å². The lowest BCUT2D eigenvalue weighted by Gasteiger charge is -2.20. The zero-order valence-electron chi connectivity index (χ0n) is 9.38. The van der Waals surface area contributed by atoms with Crippen LogP contribution in [0.3, 0.4) is 0 Å². The summed E-state index contributed by atoms with van der Waals surface area (Å²) >= 11 is 0. The molecule has 0 spiro atoms. The number of nitrogens with two attached hydrogens (primary N) is 1. The van der Waals surface area contributed by atoms with Crippen molar-refractivity contribution in [3.63, 3.8) is 0 Å². The Morgan fingerprint density at radius 2 is 1.85 bits per heavy atom. The van der Waals surface area contributed by atoms with E-state index in [1.54, 1.807) is 0 Å². The standard InChI is InChI=1S/C10H23N3/c1-5-10(11)12-9(4)8-13(6-2)7-3/h9H,5-8H2,1-4H3,(H2,11,12). The monoisotopic (exact) mass is 185 g/mol. The maximum Gasteiger partial charge on any atom is 0.0938 e. The van der Waals surface area contributed by atoms with Crippen LogP contribution in [0.4, 0.5) is 0 Å². The summed E-state index contributed by atoms with van der Waals surface area (Å²) in [5, 5.41) is 0. The highest BCUT2D eigenvalue weighted by Crippen LogP contribution is 1.96. The minimum atomic E-state index is 0.319. The first-order valence-corrected chi connectivity index (χ1v) is 5.18. The smallest absolute Gasteiger partial charge is 0.0938 e. The summed E-state index contributed by atoms with van der Waals surface area (Å²) in [5.74, 6) is 0.764. The number of amidine groups is 1. The molecule has 0 aliphatic heterocycles. The first kappa shape index (κ1) is 12.4. The Labute approximate surface area is 82.0 Å². The van der Waals surface area contributed by atoms with Crippen LogP contribution in [-0.2, 0) is 0 Å². The van der Waals surface area contributed by atoms with Gasteiger partial charge in [0, 0.05) is 13.0 Å². The number of likely N-dealkylation sites (N-methyl/N-ethyl adjacent to an activating group) is 1. The van der Waals surface area contributed by atoms with Crippen LogP contribution >= 0.6 is 0 Å². The third-order valence-electron chi connectivity index (χ3n) is 2.17. The molecule has 0 heterocycles. The molecule has 0 aromatic rings. The molecule has 0 rings (SSSR count). The summed E-state index contributed by atoms with van der Waals surface area (Å²) in [6, 6.07) is 0.319. The number of hydrogen-bond donors (Lipinski definition) is 1. The minimum absolute atomic E-state index is 0.319. The molecule has 1 atom stereocenters. The Hall–Kier alpha value is -0.570. The lowest BCUT2D eigenvalue weighted by molar-refractivity contribution is 0.289. The summed E-state index contributed by atoms with van der Waals surface area (Å²) in [7, 11) is 0. The third-order valence-corrected chi connectivity index (χ3v) is 2.17. The van der Waals surface area contributed by atoms with Crippen molar-refractivity contribution in [2.24, 2.45) is 10.7 Å². The van der Waals surface area contributed by atoms with Gasteiger partial charge in [-0.2, -0.15) is 0 Å². The van der Waals surface area contributed by atoms with Crippen molar-refractivity contribution in [2.75, 3.05) is 19.6 Å². The molecular weight excluding hydrogens is 162 g/mol. The topological polar surface area (TPSA) is 41.6 Å². The molecule has 0 saturated carbocycles. The van der Waals surface area contributed by atoms with Gasteiger partial charge in [0.2, 0.25) is 0 Å². The predicted octanol–water partition coefficient (Wildman–Crippen LogP) is 1.48. The zero-order chi connectivity index (χ0) is 10.3. The molecule has 78 valence electrons. The maximum atomic E-state index is 5.66. The molecular formula is C10H23N3. The number of hydrogen-bond acceptors (Lipinski definition) is 2. The van der Waals surface area contributed by atoms with E-state index in [2.05, 4.69) is 30.7 Å². The van der Waals surface area contributed by atoms with Crippen LogP contribution in [0.15, 0.2) is 4.99 Å². The fourth-order valence-electron chi connectivity index (χ4n) is 1.27. The van der Waals surface area contributed by atoms with E-state index in [0.717, 1.165) is 31.9 Å². The van der Waals surface area contributed by atoms with E-state index in [4.69, 9.17) is 5.73 Å². The van der Waals surface area contributed by atoms with E-state index >= 15 is 0 Å². The predicted molar refractivity (Wildman–Crippen MR) is 59.2 cm³/mol. The molecule has 0 aromatic carbocycles. The fraction of sp³-hybridized carbons (Fsp3) is 0.900. The molecule has 0 aliphatic carbocycles. The lowest BCUT2D eigenvalue weighted by Crippen LogP contribution is -2.31. The number of rotatable bonds is 6. The first-order valence-electron chi connectivity index (χ1n) is 5.18. The second-order valence-electron chi connectivity index (χ2n) is 3.31. The van der Waals surface area contributed by atoms with Crippen molar-refractivity contribution >= 4 is 5.84 Å². The van der Waals surface area contributed by atoms with Gasteiger partial charge in [-0.3, -0.25) is 4.99 Å². The highest BCUT2D eigenvalue weighted by Gasteiger charge is 2.05. The maximum absolute atomic E-state index is 5.66. The van der Waals surface area contributed by atoms with Crippen LogP contribution in [-0.4, -0.2) is 36.4 Å². The van der Waals surface area contributed by atoms with Crippen molar-refractivity contribution in [3.8, 4) is 0 Å². The summed E-state index contributed by atoms with van der Waals surface area (Å²) in [5.41, 5.74) is 5.66. The van der Waals surface area contributed by atoms with Crippen molar-refractivity contribution in [1.29, 1.82) is 0 Å². The van der Waals surface area contributed by atoms with Crippen LogP contribution in [0.2, 0.25) is 0 Å². The molecule has 0 amide bonds. The molecule has 0 bridgehead atoms. The van der Waals surface area contributed by atoms with Gasteiger partial charge >= 0.3 is 0 Å². The fourth-order valence-corrected chi connectivity index (χ4v) is 1.27. The minimum Gasteiger partial charge on any atom is -0.387 e. The van der Waals surface area contributed by atoms with Gasteiger partial charge in [0.25, 0.3) is 0 Å². The van der Waals surface area contributed by atoms with Crippen molar-refractivity contribution in [1.82, 2.24) is 4.90 Å². The largest absolute Gasteiger partial charge is 0.387 e. The molecule has 0 fully saturated rings. The molecule has 0 aromatic heterocycles. The molecule has 3 nitrogen and oxygen atoms in total. The Balaban J connectivity index is 3.91. The van der Waals surface area contributed by atoms with Gasteiger partial charge in [-0.15, -0.1) is 0 Å². The molecule has 3 heteroatoms. The van der Waals surface area contributed by atoms with Crippen LogP contribution in [0.1, 0.15) is 34.1 Å². The van der Waals surface area contributed by atoms with Gasteiger partial charge in [-0.05, 0) is 20.0 Å². The van der Waals surface area contributed by atoms with E-state index in [1.807, 2.05) is 6.92 Å². The molecule has 0 radical (unpaired) electrons. The first-order chi connectivity index (χ1) is 6.13. The highest BCUT2D eigenvalue weighted by atomic mass is 15.1. The lowest BCUT2D eigenvalue weighted by atomic mass is 10.3. The van der Waals surface area contributed by atoms with Crippen LogP contribution in [0.25, 0.3) is 0 Å². The SMILES string of the molecule is CCC(N)=NC(C)CN(CC)CC. The van der Waals surface area contributed by atoms with Gasteiger partial charge in [0.15, 0.2) is 0 Å². The third kappa shape index (κ3) is 5.64. The average molecular weight is 185 g/mol. The second-order valence-corrected chi connectivity index (χ2v) is 3.31. The van der Waals surface area contributed by atoms with Crippen molar-refractivity contribution in [2.45, 2.75) is 40.2 Å². The van der Waals surface area contributed by atoms with E-state index in [0.29, 0.717) is 6.04 Å². The van der Waals surface area contributed by atoms with Crippen molar-refractivity contribution < 1.29 is 0 Å². The second kappa shape index (κ2) is 6.89. The Bertz CT molecular complexity index is 150. The summed E-state index contributed by atoms with van der Waals surface area (Å²) in [6.07, 6.45) is 0.850. The zero-order valence-corrected chi connectivity index (χ0v) is 9.38. The Kier molecular flexibility index (Phi) is 6.59. The molecule has 0 aliphatic rings. The normalized spacial score (nSPS) is 15.0. The van der Waals surface area contributed by atoms with Gasteiger partial charge < -0.3 is 10.6 Å². The summed E-state index contributed by atoms with van der Waals surface area (Å²) < 4.78 is 0. The number of nitrogens with zero attached hydrogens (tertiary/aromatic N) is 2. The quantitative estimate of drug-likeness (QED) is 0.503. The van der Waals surface area contributed by atoms with E-state index in [9.17, 15) is 0 Å². The van der Waals surface area contributed by atoms with Gasteiger partial charge in [0.05, 0.1) is 11.9 Å². The van der Waals surface area contributed by atoms with E-state index in [1.165, 1.54) is 0 Å². The van der Waals surface area contributed by atoms with E-state index < -0.39 is 0 Å². The molecule has 1 unspecified atom stereocenters. The molecule has 2 N–H and O–H groups in total. The molecule has 0 saturated heterocycles. The Morgan fingerprint density at radius 3 is 2.23 bits per heavy atom. The van der Waals surface area contributed by atoms with Crippen LogP contribution < -0.4 is 5.73 Å². The Morgan fingerprint density at radius 1 is 1.31 bits per heavy atom. The van der Waals surface area contributed by atoms with Crippen LogP contribution in [0, 0.1) is 0 Å². The summed E-state index contributed by atoms with van der Waals surface area (Å²) in [6.45, 7) is 11.7. The summed E-state index contributed by atoms with van der Waals surface area (Å²) in [4.78, 5) is 6.74. The van der Waals surface area contributed by atoms with Gasteiger partial charge in [-0.25, -0.2) is 0 Å².